The summed E-state index contributed by atoms with van der Waals surface area (Å²) in [6.07, 6.45) is 1.51. The average molecular weight is 318 g/mol. The minimum atomic E-state index is -0.486. The van der Waals surface area contributed by atoms with Gasteiger partial charge in [-0.3, -0.25) is 9.59 Å². The largest absolute Gasteiger partial charge is 0.370 e. The topological polar surface area (TPSA) is 140 Å². The first-order valence-corrected chi connectivity index (χ1v) is 7.45. The molecule has 1 heterocycles. The molecule has 1 aromatic carbocycles. The molecule has 0 spiro atoms. The van der Waals surface area contributed by atoms with E-state index in [4.69, 9.17) is 17.2 Å². The maximum Gasteiger partial charge on any atom is 0.239 e. The van der Waals surface area contributed by atoms with Crippen molar-refractivity contribution in [3.05, 3.63) is 29.8 Å². The third-order valence-corrected chi connectivity index (χ3v) is 3.59. The number of aliphatic imine (C=N–C) groups is 1. The minimum absolute atomic E-state index is 0.00420. The van der Waals surface area contributed by atoms with Crippen LogP contribution in [0.15, 0.2) is 29.3 Å². The van der Waals surface area contributed by atoms with Crippen LogP contribution in [0.25, 0.3) is 0 Å². The van der Waals surface area contributed by atoms with E-state index in [9.17, 15) is 9.59 Å². The third kappa shape index (κ3) is 4.96. The van der Waals surface area contributed by atoms with E-state index < -0.39 is 6.04 Å². The van der Waals surface area contributed by atoms with Crippen LogP contribution >= 0.6 is 0 Å². The minimum Gasteiger partial charge on any atom is -0.370 e. The molecule has 0 saturated carbocycles. The molecule has 0 bridgehead atoms. The summed E-state index contributed by atoms with van der Waals surface area (Å²) in [4.78, 5) is 29.2. The summed E-state index contributed by atoms with van der Waals surface area (Å²) < 4.78 is 0. The van der Waals surface area contributed by atoms with Gasteiger partial charge in [0, 0.05) is 13.1 Å². The van der Waals surface area contributed by atoms with Crippen LogP contribution in [0.3, 0.4) is 0 Å². The zero-order valence-electron chi connectivity index (χ0n) is 12.9. The lowest BCUT2D eigenvalue weighted by molar-refractivity contribution is -0.139. The number of carbonyl (C=O) groups excluding carboxylic acids is 2. The molecule has 1 aliphatic heterocycles. The summed E-state index contributed by atoms with van der Waals surface area (Å²) in [5, 5.41) is 2.78. The van der Waals surface area contributed by atoms with Gasteiger partial charge in [-0.05, 0) is 30.5 Å². The molecule has 0 aliphatic carbocycles. The van der Waals surface area contributed by atoms with Crippen molar-refractivity contribution in [3.63, 3.8) is 0 Å². The van der Waals surface area contributed by atoms with E-state index in [0.29, 0.717) is 25.2 Å². The van der Waals surface area contributed by atoms with E-state index in [0.717, 1.165) is 12.0 Å². The predicted octanol–water partition coefficient (Wildman–Crippen LogP) is -0.843. The summed E-state index contributed by atoms with van der Waals surface area (Å²) in [6, 6.07) is 6.68. The lowest BCUT2D eigenvalue weighted by Crippen LogP contribution is -2.51. The Bertz CT molecular complexity index is 594. The van der Waals surface area contributed by atoms with E-state index >= 15 is 0 Å². The van der Waals surface area contributed by atoms with Crippen LogP contribution in [0.5, 0.6) is 0 Å². The van der Waals surface area contributed by atoms with E-state index in [1.165, 1.54) is 4.90 Å². The fourth-order valence-corrected chi connectivity index (χ4v) is 2.39. The van der Waals surface area contributed by atoms with Gasteiger partial charge in [0.15, 0.2) is 5.96 Å². The normalized spacial score (nSPS) is 17.7. The number of piperidine rings is 1. The van der Waals surface area contributed by atoms with Crippen molar-refractivity contribution in [1.82, 2.24) is 10.2 Å². The van der Waals surface area contributed by atoms with E-state index in [2.05, 4.69) is 10.3 Å². The SMILES string of the molecule is NC(N)=Nc1ccc(CNC(=O)CN2CCCC(N)C2=O)cc1. The number of nitrogens with zero attached hydrogens (tertiary/aromatic N) is 2. The lowest BCUT2D eigenvalue weighted by Gasteiger charge is -2.29. The zero-order chi connectivity index (χ0) is 16.8. The molecule has 7 N–H and O–H groups in total. The standard InChI is InChI=1S/C15H22N6O2/c16-12-2-1-7-21(14(12)23)9-13(22)19-8-10-3-5-11(6-4-10)20-15(17)18/h3-6,12H,1-2,7-9,16H2,(H,19,22)(H4,17,18,20). The lowest BCUT2D eigenvalue weighted by atomic mass is 10.1. The number of rotatable bonds is 5. The van der Waals surface area contributed by atoms with Crippen molar-refractivity contribution in [3.8, 4) is 0 Å². The second-order valence-electron chi connectivity index (χ2n) is 5.49. The van der Waals surface area contributed by atoms with Gasteiger partial charge in [-0.2, -0.15) is 0 Å². The van der Waals surface area contributed by atoms with Crippen molar-refractivity contribution in [2.75, 3.05) is 13.1 Å². The summed E-state index contributed by atoms with van der Waals surface area (Å²) in [5.74, 6) is -0.371. The molecule has 8 heteroatoms. The molecule has 1 aromatic rings. The summed E-state index contributed by atoms with van der Waals surface area (Å²) in [7, 11) is 0. The fraction of sp³-hybridized carbons (Fsp3) is 0.400. The zero-order valence-corrected chi connectivity index (χ0v) is 12.9. The number of carbonyl (C=O) groups is 2. The second kappa shape index (κ2) is 7.59. The Labute approximate surface area is 134 Å². The quantitative estimate of drug-likeness (QED) is 0.414. The van der Waals surface area contributed by atoms with Crippen LogP contribution in [-0.4, -0.2) is 41.8 Å². The number of nitrogens with two attached hydrogens (primary N) is 3. The monoisotopic (exact) mass is 318 g/mol. The van der Waals surface area contributed by atoms with Crippen LogP contribution in [-0.2, 0) is 16.1 Å². The maximum absolute atomic E-state index is 11.9. The van der Waals surface area contributed by atoms with Crippen LogP contribution in [0.1, 0.15) is 18.4 Å². The second-order valence-corrected chi connectivity index (χ2v) is 5.49. The van der Waals surface area contributed by atoms with E-state index in [1.54, 1.807) is 12.1 Å². The van der Waals surface area contributed by atoms with Crippen LogP contribution in [0.2, 0.25) is 0 Å². The Morgan fingerprint density at radius 1 is 1.30 bits per heavy atom. The van der Waals surface area contributed by atoms with Gasteiger partial charge in [-0.25, -0.2) is 4.99 Å². The number of hydrogen-bond donors (Lipinski definition) is 4. The van der Waals surface area contributed by atoms with Crippen LogP contribution in [0, 0.1) is 0 Å². The molecule has 1 saturated heterocycles. The molecular formula is C15H22N6O2. The summed E-state index contributed by atoms with van der Waals surface area (Å²) >= 11 is 0. The first kappa shape index (κ1) is 16.8. The predicted molar refractivity (Wildman–Crippen MR) is 87.5 cm³/mol. The van der Waals surface area contributed by atoms with Gasteiger partial charge in [-0.1, -0.05) is 12.1 Å². The average Bonchev–Trinajstić information content (AvgIpc) is 2.51. The number of likely N-dealkylation sites (tertiary alicyclic amines) is 1. The van der Waals surface area contributed by atoms with Gasteiger partial charge in [0.05, 0.1) is 18.3 Å². The van der Waals surface area contributed by atoms with Crippen LogP contribution in [0.4, 0.5) is 5.69 Å². The first-order valence-electron chi connectivity index (χ1n) is 7.45. The summed E-state index contributed by atoms with van der Waals surface area (Å²) in [6.45, 7) is 0.987. The number of benzene rings is 1. The molecule has 0 radical (unpaired) electrons. The highest BCUT2D eigenvalue weighted by Crippen LogP contribution is 2.12. The van der Waals surface area contributed by atoms with Gasteiger partial charge >= 0.3 is 0 Å². The van der Waals surface area contributed by atoms with E-state index in [1.807, 2.05) is 12.1 Å². The Morgan fingerprint density at radius 3 is 2.65 bits per heavy atom. The molecule has 124 valence electrons. The molecule has 8 nitrogen and oxygen atoms in total. The van der Waals surface area contributed by atoms with Crippen molar-refractivity contribution < 1.29 is 9.59 Å². The van der Waals surface area contributed by atoms with Gasteiger partial charge in [-0.15, -0.1) is 0 Å². The molecule has 1 atom stereocenters. The molecule has 1 fully saturated rings. The number of hydrogen-bond acceptors (Lipinski definition) is 4. The third-order valence-electron chi connectivity index (χ3n) is 3.59. The van der Waals surface area contributed by atoms with Crippen LogP contribution < -0.4 is 22.5 Å². The molecular weight excluding hydrogens is 296 g/mol. The molecule has 2 amide bonds. The van der Waals surface area contributed by atoms with Crippen molar-refractivity contribution in [2.45, 2.75) is 25.4 Å². The Kier molecular flexibility index (Phi) is 5.53. The number of guanidine groups is 1. The van der Waals surface area contributed by atoms with E-state index in [-0.39, 0.29) is 24.3 Å². The number of amides is 2. The first-order chi connectivity index (χ1) is 11.0. The van der Waals surface area contributed by atoms with Crippen molar-refractivity contribution in [1.29, 1.82) is 0 Å². The van der Waals surface area contributed by atoms with Crippen molar-refractivity contribution in [2.24, 2.45) is 22.2 Å². The summed E-state index contributed by atoms with van der Waals surface area (Å²) in [5.41, 5.74) is 17.9. The van der Waals surface area contributed by atoms with Crippen molar-refractivity contribution >= 4 is 23.5 Å². The Hall–Kier alpha value is -2.61. The maximum atomic E-state index is 11.9. The Morgan fingerprint density at radius 2 is 2.00 bits per heavy atom. The number of nitrogens with one attached hydrogen (secondary N) is 1. The van der Waals surface area contributed by atoms with Gasteiger partial charge in [0.2, 0.25) is 11.8 Å². The Balaban J connectivity index is 1.82. The molecule has 0 aromatic heterocycles. The smallest absolute Gasteiger partial charge is 0.239 e. The highest BCUT2D eigenvalue weighted by atomic mass is 16.2. The van der Waals surface area contributed by atoms with Gasteiger partial charge in [0.1, 0.15) is 0 Å². The highest BCUT2D eigenvalue weighted by Gasteiger charge is 2.26. The molecule has 2 rings (SSSR count). The fourth-order valence-electron chi connectivity index (χ4n) is 2.39. The molecule has 1 aliphatic rings. The highest BCUT2D eigenvalue weighted by molar-refractivity contribution is 5.87. The van der Waals surface area contributed by atoms with Gasteiger partial charge in [0.25, 0.3) is 0 Å². The molecule has 23 heavy (non-hydrogen) atoms. The molecule has 1 unspecified atom stereocenters. The van der Waals surface area contributed by atoms with Gasteiger partial charge < -0.3 is 27.4 Å².